The lowest BCUT2D eigenvalue weighted by Crippen LogP contribution is -2.47. The van der Waals surface area contributed by atoms with Crippen molar-refractivity contribution in [2.45, 2.75) is 26.4 Å². The second-order valence-corrected chi connectivity index (χ2v) is 4.61. The molecule has 0 saturated heterocycles. The Morgan fingerprint density at radius 3 is 2.36 bits per heavy atom. The van der Waals surface area contributed by atoms with E-state index >= 15 is 0 Å². The predicted octanol–water partition coefficient (Wildman–Crippen LogP) is 0.0712. The van der Waals surface area contributed by atoms with Gasteiger partial charge in [0.15, 0.2) is 0 Å². The topological polar surface area (TPSA) is 52.6 Å². The van der Waals surface area contributed by atoms with Gasteiger partial charge in [-0.3, -0.25) is 4.79 Å². The number of hydrogen-bond acceptors (Lipinski definition) is 3. The molecule has 0 aromatic rings. The van der Waals surface area contributed by atoms with Crippen molar-refractivity contribution < 1.29 is 9.90 Å². The van der Waals surface area contributed by atoms with Crippen molar-refractivity contribution in [1.29, 1.82) is 0 Å². The fourth-order valence-corrected chi connectivity index (χ4v) is 1.22. The third kappa shape index (κ3) is 5.94. The fraction of sp³-hybridized carbons (Fsp3) is 0.900. The molecule has 0 aliphatic rings. The zero-order valence-electron chi connectivity index (χ0n) is 9.79. The molecule has 14 heavy (non-hydrogen) atoms. The highest BCUT2D eigenvalue weighted by Crippen LogP contribution is 2.03. The molecule has 1 atom stereocenters. The Bertz CT molecular complexity index is 189. The Balaban J connectivity index is 3.92. The molecule has 0 bridgehead atoms. The summed E-state index contributed by atoms with van der Waals surface area (Å²) in [7, 11) is 3.78. The molecule has 0 spiro atoms. The molecule has 2 N–H and O–H groups in total. The molecule has 0 fully saturated rings. The molecule has 0 aliphatic carbocycles. The summed E-state index contributed by atoms with van der Waals surface area (Å²) in [6.07, 6.45) is 0. The summed E-state index contributed by atoms with van der Waals surface area (Å²) in [4.78, 5) is 13.1. The predicted molar refractivity (Wildman–Crippen MR) is 57.0 cm³/mol. The highest BCUT2D eigenvalue weighted by molar-refractivity contribution is 5.77. The quantitative estimate of drug-likeness (QED) is 0.663. The minimum atomic E-state index is -0.867. The molecule has 0 rings (SSSR count). The second-order valence-electron chi connectivity index (χ2n) is 4.61. The van der Waals surface area contributed by atoms with Gasteiger partial charge < -0.3 is 15.3 Å². The molecule has 84 valence electrons. The van der Waals surface area contributed by atoms with Crippen LogP contribution >= 0.6 is 0 Å². The molecule has 0 heterocycles. The number of carbonyl (C=O) groups excluding carboxylic acids is 1. The number of likely N-dealkylation sites (N-methyl/N-ethyl adjacent to an activating group) is 1. The summed E-state index contributed by atoms with van der Waals surface area (Å²) < 4.78 is 0. The minimum Gasteiger partial charge on any atom is -0.387 e. The minimum absolute atomic E-state index is 0.0240. The van der Waals surface area contributed by atoms with Crippen LogP contribution in [0.2, 0.25) is 0 Å². The van der Waals surface area contributed by atoms with Gasteiger partial charge in [0.05, 0.1) is 5.60 Å². The Morgan fingerprint density at radius 2 is 2.00 bits per heavy atom. The molecule has 4 heteroatoms. The fourth-order valence-electron chi connectivity index (χ4n) is 1.22. The summed E-state index contributed by atoms with van der Waals surface area (Å²) in [5, 5.41) is 12.6. The normalized spacial score (nSPS) is 15.7. The van der Waals surface area contributed by atoms with Crippen molar-refractivity contribution in [3.05, 3.63) is 0 Å². The lowest BCUT2D eigenvalue weighted by molar-refractivity contribution is -0.125. The first-order chi connectivity index (χ1) is 6.24. The lowest BCUT2D eigenvalue weighted by atomic mass is 10.1. The average Bonchev–Trinajstić information content (AvgIpc) is 1.97. The third-order valence-electron chi connectivity index (χ3n) is 1.82. The number of amides is 1. The van der Waals surface area contributed by atoms with Gasteiger partial charge in [-0.2, -0.15) is 0 Å². The molecule has 0 aromatic carbocycles. The maximum atomic E-state index is 11.2. The van der Waals surface area contributed by atoms with E-state index in [0.717, 1.165) is 0 Å². The van der Waals surface area contributed by atoms with Gasteiger partial charge in [0.1, 0.15) is 0 Å². The highest BCUT2D eigenvalue weighted by Gasteiger charge is 2.22. The molecular weight excluding hydrogens is 180 g/mol. The smallest absolute Gasteiger partial charge is 0.222 e. The van der Waals surface area contributed by atoms with Crippen LogP contribution in [0.5, 0.6) is 0 Å². The average molecular weight is 202 g/mol. The van der Waals surface area contributed by atoms with Crippen molar-refractivity contribution in [2.24, 2.45) is 5.92 Å². The van der Waals surface area contributed by atoms with Crippen molar-refractivity contribution in [3.8, 4) is 0 Å². The van der Waals surface area contributed by atoms with Crippen LogP contribution in [0.1, 0.15) is 20.8 Å². The summed E-state index contributed by atoms with van der Waals surface area (Å²) in [5.74, 6) is -0.0609. The summed E-state index contributed by atoms with van der Waals surface area (Å²) >= 11 is 0. The molecule has 0 saturated carbocycles. The highest BCUT2D eigenvalue weighted by atomic mass is 16.3. The third-order valence-corrected chi connectivity index (χ3v) is 1.82. The Labute approximate surface area is 86.3 Å². The van der Waals surface area contributed by atoms with E-state index in [2.05, 4.69) is 5.32 Å². The maximum absolute atomic E-state index is 11.2. The van der Waals surface area contributed by atoms with Crippen molar-refractivity contribution in [1.82, 2.24) is 10.2 Å². The monoisotopic (exact) mass is 202 g/mol. The molecule has 1 amide bonds. The van der Waals surface area contributed by atoms with E-state index in [1.54, 1.807) is 6.92 Å². The zero-order chi connectivity index (χ0) is 11.4. The van der Waals surface area contributed by atoms with Gasteiger partial charge in [-0.15, -0.1) is 0 Å². The van der Waals surface area contributed by atoms with E-state index in [9.17, 15) is 9.90 Å². The molecule has 0 aromatic heterocycles. The first-order valence-electron chi connectivity index (χ1n) is 4.89. The first kappa shape index (κ1) is 13.4. The van der Waals surface area contributed by atoms with Crippen LogP contribution in [0.4, 0.5) is 0 Å². The first-order valence-corrected chi connectivity index (χ1v) is 4.89. The van der Waals surface area contributed by atoms with Gasteiger partial charge in [-0.1, -0.05) is 13.8 Å². The summed E-state index contributed by atoms with van der Waals surface area (Å²) in [6, 6.07) is 0. The standard InChI is InChI=1S/C10H22N2O2/c1-8(2)9(13)11-6-10(3,14)7-12(4)5/h8,14H,6-7H2,1-5H3,(H,11,13). The Morgan fingerprint density at radius 1 is 1.50 bits per heavy atom. The van der Waals surface area contributed by atoms with E-state index in [0.29, 0.717) is 13.1 Å². The van der Waals surface area contributed by atoms with Crippen LogP contribution in [0.25, 0.3) is 0 Å². The Kier molecular flexibility index (Phi) is 5.08. The van der Waals surface area contributed by atoms with Gasteiger partial charge in [-0.25, -0.2) is 0 Å². The van der Waals surface area contributed by atoms with Crippen LogP contribution in [-0.2, 0) is 4.79 Å². The van der Waals surface area contributed by atoms with Gasteiger partial charge >= 0.3 is 0 Å². The molecule has 0 radical (unpaired) electrons. The number of aliphatic hydroxyl groups is 1. The van der Waals surface area contributed by atoms with E-state index in [-0.39, 0.29) is 11.8 Å². The number of rotatable bonds is 5. The van der Waals surface area contributed by atoms with Gasteiger partial charge in [0, 0.05) is 19.0 Å². The summed E-state index contributed by atoms with van der Waals surface area (Å²) in [5.41, 5.74) is -0.867. The van der Waals surface area contributed by atoms with Crippen LogP contribution in [-0.4, -0.2) is 48.7 Å². The molecule has 1 unspecified atom stereocenters. The molecule has 4 nitrogen and oxygen atoms in total. The molecule has 0 aliphatic heterocycles. The number of nitrogens with one attached hydrogen (secondary N) is 1. The lowest BCUT2D eigenvalue weighted by Gasteiger charge is -2.27. The largest absolute Gasteiger partial charge is 0.387 e. The van der Waals surface area contributed by atoms with Crippen LogP contribution < -0.4 is 5.32 Å². The van der Waals surface area contributed by atoms with Crippen molar-refractivity contribution in [3.63, 3.8) is 0 Å². The van der Waals surface area contributed by atoms with Gasteiger partial charge in [0.25, 0.3) is 0 Å². The summed E-state index contributed by atoms with van der Waals surface area (Å²) in [6.45, 7) is 6.20. The number of nitrogens with zero attached hydrogens (tertiary/aromatic N) is 1. The van der Waals surface area contributed by atoms with E-state index in [1.807, 2.05) is 32.8 Å². The van der Waals surface area contributed by atoms with E-state index < -0.39 is 5.60 Å². The van der Waals surface area contributed by atoms with Gasteiger partial charge in [0.2, 0.25) is 5.91 Å². The maximum Gasteiger partial charge on any atom is 0.222 e. The van der Waals surface area contributed by atoms with Crippen molar-refractivity contribution >= 4 is 5.91 Å². The van der Waals surface area contributed by atoms with Crippen LogP contribution in [0, 0.1) is 5.92 Å². The SMILES string of the molecule is CC(C)C(=O)NCC(C)(O)CN(C)C. The second kappa shape index (κ2) is 5.32. The van der Waals surface area contributed by atoms with Gasteiger partial charge in [-0.05, 0) is 21.0 Å². The number of carbonyl (C=O) groups is 1. The van der Waals surface area contributed by atoms with Crippen molar-refractivity contribution in [2.75, 3.05) is 27.2 Å². The molecular formula is C10H22N2O2. The van der Waals surface area contributed by atoms with E-state index in [1.165, 1.54) is 0 Å². The van der Waals surface area contributed by atoms with E-state index in [4.69, 9.17) is 0 Å². The zero-order valence-corrected chi connectivity index (χ0v) is 9.79. The van der Waals surface area contributed by atoms with Crippen LogP contribution in [0.3, 0.4) is 0 Å². The van der Waals surface area contributed by atoms with Crippen LogP contribution in [0.15, 0.2) is 0 Å². The Hall–Kier alpha value is -0.610. The number of hydrogen-bond donors (Lipinski definition) is 2.